The predicted octanol–water partition coefficient (Wildman–Crippen LogP) is 2.30. The summed E-state index contributed by atoms with van der Waals surface area (Å²) in [7, 11) is -3.38. The normalized spacial score (nSPS) is 12.1. The lowest BCUT2D eigenvalue weighted by atomic mass is 10.1. The molecule has 0 saturated carbocycles. The van der Waals surface area contributed by atoms with E-state index in [4.69, 9.17) is 0 Å². The maximum atomic E-state index is 12.0. The van der Waals surface area contributed by atoms with Crippen LogP contribution >= 0.6 is 0 Å². The van der Waals surface area contributed by atoms with Gasteiger partial charge in [-0.05, 0) is 57.4 Å². The molecule has 0 heterocycles. The molecular weight excluding hydrogens is 222 g/mol. The van der Waals surface area contributed by atoms with Gasteiger partial charge in [0.1, 0.15) is 0 Å². The van der Waals surface area contributed by atoms with Crippen LogP contribution in [0.25, 0.3) is 0 Å². The van der Waals surface area contributed by atoms with Crippen molar-refractivity contribution in [2.75, 3.05) is 0 Å². The monoisotopic (exact) mass is 241 g/mol. The third-order valence-corrected chi connectivity index (χ3v) is 4.27. The Morgan fingerprint density at radius 2 is 1.50 bits per heavy atom. The minimum Gasteiger partial charge on any atom is -0.209 e. The molecule has 0 saturated heterocycles. The molecule has 0 aromatic heterocycles. The van der Waals surface area contributed by atoms with E-state index in [1.54, 1.807) is 6.07 Å². The first-order chi connectivity index (χ1) is 7.24. The van der Waals surface area contributed by atoms with Crippen LogP contribution in [0.15, 0.2) is 17.0 Å². The smallest absolute Gasteiger partial charge is 0.209 e. The predicted molar refractivity (Wildman–Crippen MR) is 66.1 cm³/mol. The molecule has 1 aromatic rings. The molecule has 90 valence electrons. The van der Waals surface area contributed by atoms with Gasteiger partial charge < -0.3 is 0 Å². The van der Waals surface area contributed by atoms with Crippen LogP contribution in [0.1, 0.15) is 30.5 Å². The Morgan fingerprint density at radius 3 is 2.00 bits per heavy atom. The largest absolute Gasteiger partial charge is 0.241 e. The Kier molecular flexibility index (Phi) is 3.76. The maximum Gasteiger partial charge on any atom is 0.241 e. The van der Waals surface area contributed by atoms with Crippen LogP contribution in [0.2, 0.25) is 0 Å². The van der Waals surface area contributed by atoms with Gasteiger partial charge in [-0.15, -0.1) is 0 Å². The number of nitrogens with one attached hydrogen (secondary N) is 1. The fourth-order valence-corrected chi connectivity index (χ4v) is 3.16. The SMILES string of the molecule is Cc1cc(C)c(S(=O)(=O)NC(C)C)cc1C. The molecule has 1 aromatic carbocycles. The van der Waals surface area contributed by atoms with Gasteiger partial charge in [0.05, 0.1) is 4.90 Å². The summed E-state index contributed by atoms with van der Waals surface area (Å²) in [4.78, 5) is 0.379. The minimum atomic E-state index is -3.38. The van der Waals surface area contributed by atoms with E-state index in [9.17, 15) is 8.42 Å². The van der Waals surface area contributed by atoms with E-state index in [2.05, 4.69) is 4.72 Å². The Bertz CT molecular complexity index is 490. The maximum absolute atomic E-state index is 12.0. The highest BCUT2D eigenvalue weighted by molar-refractivity contribution is 7.89. The number of hydrogen-bond donors (Lipinski definition) is 1. The molecule has 0 aliphatic heterocycles. The van der Waals surface area contributed by atoms with Crippen molar-refractivity contribution in [3.63, 3.8) is 0 Å². The summed E-state index contributed by atoms with van der Waals surface area (Å²) >= 11 is 0. The average Bonchev–Trinajstić information content (AvgIpc) is 2.08. The number of aryl methyl sites for hydroxylation is 3. The summed E-state index contributed by atoms with van der Waals surface area (Å²) in [6, 6.07) is 3.55. The van der Waals surface area contributed by atoms with E-state index in [1.807, 2.05) is 40.7 Å². The molecule has 0 unspecified atom stereocenters. The van der Waals surface area contributed by atoms with Crippen LogP contribution in [-0.2, 0) is 10.0 Å². The van der Waals surface area contributed by atoms with Crippen molar-refractivity contribution < 1.29 is 8.42 Å². The van der Waals surface area contributed by atoms with Gasteiger partial charge in [-0.2, -0.15) is 0 Å². The van der Waals surface area contributed by atoms with Crippen molar-refractivity contribution in [1.82, 2.24) is 4.72 Å². The number of sulfonamides is 1. The molecule has 0 fully saturated rings. The van der Waals surface area contributed by atoms with Crippen molar-refractivity contribution in [1.29, 1.82) is 0 Å². The zero-order chi connectivity index (χ0) is 12.5. The van der Waals surface area contributed by atoms with Gasteiger partial charge in [0.25, 0.3) is 0 Å². The van der Waals surface area contributed by atoms with Crippen LogP contribution < -0.4 is 4.72 Å². The lowest BCUT2D eigenvalue weighted by Crippen LogP contribution is -2.30. The van der Waals surface area contributed by atoms with Gasteiger partial charge >= 0.3 is 0 Å². The van der Waals surface area contributed by atoms with E-state index in [-0.39, 0.29) is 6.04 Å². The third-order valence-electron chi connectivity index (χ3n) is 2.47. The van der Waals surface area contributed by atoms with Crippen LogP contribution in [0, 0.1) is 20.8 Å². The van der Waals surface area contributed by atoms with Crippen LogP contribution in [-0.4, -0.2) is 14.5 Å². The Balaban J connectivity index is 3.29. The first-order valence-corrected chi connectivity index (χ1v) is 6.82. The van der Waals surface area contributed by atoms with Gasteiger partial charge in [-0.25, -0.2) is 13.1 Å². The molecule has 4 heteroatoms. The van der Waals surface area contributed by atoms with E-state index >= 15 is 0 Å². The topological polar surface area (TPSA) is 46.2 Å². The first-order valence-electron chi connectivity index (χ1n) is 5.34. The quantitative estimate of drug-likeness (QED) is 0.882. The molecule has 1 rings (SSSR count). The lowest BCUT2D eigenvalue weighted by molar-refractivity contribution is 0.569. The number of benzene rings is 1. The standard InChI is InChI=1S/C12H19NO2S/c1-8(2)13-16(14,15)12-7-10(4)9(3)6-11(12)5/h6-8,13H,1-5H3. The second-order valence-electron chi connectivity index (χ2n) is 4.48. The fraction of sp³-hybridized carbons (Fsp3) is 0.500. The molecule has 3 nitrogen and oxygen atoms in total. The Morgan fingerprint density at radius 1 is 1.00 bits per heavy atom. The summed E-state index contributed by atoms with van der Waals surface area (Å²) in [6.45, 7) is 9.35. The minimum absolute atomic E-state index is 0.0917. The highest BCUT2D eigenvalue weighted by Gasteiger charge is 2.18. The van der Waals surface area contributed by atoms with E-state index < -0.39 is 10.0 Å². The van der Waals surface area contributed by atoms with Crippen LogP contribution in [0.4, 0.5) is 0 Å². The summed E-state index contributed by atoms with van der Waals surface area (Å²) in [5.41, 5.74) is 2.90. The van der Waals surface area contributed by atoms with Crippen LogP contribution in [0.5, 0.6) is 0 Å². The zero-order valence-corrected chi connectivity index (χ0v) is 11.3. The summed E-state index contributed by atoms with van der Waals surface area (Å²) < 4.78 is 26.6. The molecule has 0 amide bonds. The number of hydrogen-bond acceptors (Lipinski definition) is 2. The van der Waals surface area contributed by atoms with Gasteiger partial charge in [0.15, 0.2) is 0 Å². The molecule has 0 aliphatic rings. The van der Waals surface area contributed by atoms with E-state index in [1.165, 1.54) is 0 Å². The molecular formula is C12H19NO2S. The molecule has 0 spiro atoms. The van der Waals surface area contributed by atoms with Crippen LogP contribution in [0.3, 0.4) is 0 Å². The van der Waals surface area contributed by atoms with Crippen molar-refractivity contribution in [2.24, 2.45) is 0 Å². The highest BCUT2D eigenvalue weighted by atomic mass is 32.2. The lowest BCUT2D eigenvalue weighted by Gasteiger charge is -2.13. The third kappa shape index (κ3) is 2.83. The van der Waals surface area contributed by atoms with E-state index in [0.717, 1.165) is 16.7 Å². The first kappa shape index (κ1) is 13.2. The molecule has 0 aliphatic carbocycles. The second-order valence-corrected chi connectivity index (χ2v) is 6.16. The van der Waals surface area contributed by atoms with Gasteiger partial charge in [-0.3, -0.25) is 0 Å². The Labute approximate surface area is 97.9 Å². The Hall–Kier alpha value is -0.870. The average molecular weight is 241 g/mol. The second kappa shape index (κ2) is 4.55. The van der Waals surface area contributed by atoms with Gasteiger partial charge in [0.2, 0.25) is 10.0 Å². The van der Waals surface area contributed by atoms with E-state index in [0.29, 0.717) is 4.90 Å². The highest BCUT2D eigenvalue weighted by Crippen LogP contribution is 2.20. The van der Waals surface area contributed by atoms with Crippen molar-refractivity contribution >= 4 is 10.0 Å². The summed E-state index contributed by atoms with van der Waals surface area (Å²) in [5, 5.41) is 0. The molecule has 0 radical (unpaired) electrons. The summed E-state index contributed by atoms with van der Waals surface area (Å²) in [6.07, 6.45) is 0. The molecule has 0 bridgehead atoms. The molecule has 0 atom stereocenters. The van der Waals surface area contributed by atoms with Gasteiger partial charge in [0, 0.05) is 6.04 Å². The van der Waals surface area contributed by atoms with Crippen molar-refractivity contribution in [3.05, 3.63) is 28.8 Å². The number of rotatable bonds is 3. The molecule has 16 heavy (non-hydrogen) atoms. The molecule has 1 N–H and O–H groups in total. The summed E-state index contributed by atoms with van der Waals surface area (Å²) in [5.74, 6) is 0. The van der Waals surface area contributed by atoms with Crippen molar-refractivity contribution in [2.45, 2.75) is 45.6 Å². The van der Waals surface area contributed by atoms with Gasteiger partial charge in [-0.1, -0.05) is 6.07 Å². The van der Waals surface area contributed by atoms with Crippen molar-refractivity contribution in [3.8, 4) is 0 Å². The zero-order valence-electron chi connectivity index (χ0n) is 10.5. The fourth-order valence-electron chi connectivity index (χ4n) is 1.60.